The summed E-state index contributed by atoms with van der Waals surface area (Å²) in [6.07, 6.45) is -9.10. The Kier molecular flexibility index (Phi) is 6.24. The molecular weight excluding hydrogens is 438 g/mol. The Hall–Kier alpha value is -3.82. The van der Waals surface area contributed by atoms with Crippen LogP contribution in [0.3, 0.4) is 0 Å². The molecule has 0 unspecified atom stereocenters. The molecular formula is C22H14F6N2O2. The van der Waals surface area contributed by atoms with Gasteiger partial charge in [0.05, 0.1) is 11.1 Å². The molecule has 3 aromatic rings. The number of carbonyl (C=O) groups is 2. The van der Waals surface area contributed by atoms with Gasteiger partial charge in [0.15, 0.2) is 0 Å². The van der Waals surface area contributed by atoms with E-state index < -0.39 is 35.3 Å². The van der Waals surface area contributed by atoms with Gasteiger partial charge in [0.25, 0.3) is 11.8 Å². The molecule has 32 heavy (non-hydrogen) atoms. The van der Waals surface area contributed by atoms with Gasteiger partial charge in [0.1, 0.15) is 0 Å². The second-order valence-corrected chi connectivity index (χ2v) is 6.64. The molecule has 0 saturated heterocycles. The number of halogens is 6. The lowest BCUT2D eigenvalue weighted by Gasteiger charge is -2.11. The molecule has 3 rings (SSSR count). The maximum Gasteiger partial charge on any atom is 0.416 e. The fourth-order valence-corrected chi connectivity index (χ4v) is 2.73. The van der Waals surface area contributed by atoms with Gasteiger partial charge in [0.2, 0.25) is 0 Å². The summed E-state index contributed by atoms with van der Waals surface area (Å²) >= 11 is 0. The van der Waals surface area contributed by atoms with Crippen LogP contribution in [0, 0.1) is 0 Å². The van der Waals surface area contributed by atoms with Crippen LogP contribution in [0.1, 0.15) is 31.8 Å². The standard InChI is InChI=1S/C22H14F6N2O2/c23-21(24,25)15-9-7-13(8-10-15)19(31)29-17-5-1-3-14(11-17)20(32)30-18-6-2-4-16(12-18)22(26,27)28/h1-12H,(H,29,31)(H,30,32). The highest BCUT2D eigenvalue weighted by Gasteiger charge is 2.31. The van der Waals surface area contributed by atoms with Crippen LogP contribution in [0.5, 0.6) is 0 Å². The van der Waals surface area contributed by atoms with Crippen LogP contribution in [0.4, 0.5) is 37.7 Å². The van der Waals surface area contributed by atoms with Gasteiger partial charge in [-0.2, -0.15) is 26.3 Å². The smallest absolute Gasteiger partial charge is 0.322 e. The second kappa shape index (κ2) is 8.74. The predicted octanol–water partition coefficient (Wildman–Crippen LogP) is 6.23. The fraction of sp³-hybridized carbons (Fsp3) is 0.0909. The van der Waals surface area contributed by atoms with E-state index in [9.17, 15) is 35.9 Å². The third kappa shape index (κ3) is 5.65. The molecule has 0 heterocycles. The van der Waals surface area contributed by atoms with Gasteiger partial charge in [-0.05, 0) is 60.7 Å². The molecule has 166 valence electrons. The quantitative estimate of drug-likeness (QED) is 0.461. The van der Waals surface area contributed by atoms with E-state index in [4.69, 9.17) is 0 Å². The first-order valence-electron chi connectivity index (χ1n) is 9.01. The molecule has 0 radical (unpaired) electrons. The molecule has 0 aliphatic heterocycles. The van der Waals surface area contributed by atoms with Crippen LogP contribution in [0.15, 0.2) is 72.8 Å². The van der Waals surface area contributed by atoms with Crippen molar-refractivity contribution in [1.82, 2.24) is 0 Å². The topological polar surface area (TPSA) is 58.2 Å². The zero-order chi connectivity index (χ0) is 23.5. The van der Waals surface area contributed by atoms with Crippen molar-refractivity contribution in [2.75, 3.05) is 10.6 Å². The first-order valence-corrected chi connectivity index (χ1v) is 9.01. The van der Waals surface area contributed by atoms with Crippen LogP contribution < -0.4 is 10.6 Å². The summed E-state index contributed by atoms with van der Waals surface area (Å²) in [5.74, 6) is -1.41. The summed E-state index contributed by atoms with van der Waals surface area (Å²) in [6.45, 7) is 0. The van der Waals surface area contributed by atoms with Gasteiger partial charge < -0.3 is 10.6 Å². The Balaban J connectivity index is 1.71. The molecule has 0 aromatic heterocycles. The van der Waals surface area contributed by atoms with Crippen LogP contribution in [0.25, 0.3) is 0 Å². The zero-order valence-electron chi connectivity index (χ0n) is 16.0. The van der Waals surface area contributed by atoms with E-state index in [-0.39, 0.29) is 22.5 Å². The Labute approximate surface area is 177 Å². The summed E-state index contributed by atoms with van der Waals surface area (Å²) in [4.78, 5) is 24.7. The van der Waals surface area contributed by atoms with Crippen molar-refractivity contribution in [3.05, 3.63) is 95.1 Å². The van der Waals surface area contributed by atoms with Gasteiger partial charge in [-0.25, -0.2) is 0 Å². The van der Waals surface area contributed by atoms with Gasteiger partial charge in [0, 0.05) is 22.5 Å². The van der Waals surface area contributed by atoms with Crippen molar-refractivity contribution in [2.24, 2.45) is 0 Å². The van der Waals surface area contributed by atoms with Gasteiger partial charge in [-0.3, -0.25) is 9.59 Å². The largest absolute Gasteiger partial charge is 0.416 e. The van der Waals surface area contributed by atoms with Gasteiger partial charge in [-0.15, -0.1) is 0 Å². The predicted molar refractivity (Wildman–Crippen MR) is 105 cm³/mol. The third-order valence-corrected chi connectivity index (χ3v) is 4.30. The van der Waals surface area contributed by atoms with E-state index in [2.05, 4.69) is 10.6 Å². The number of benzene rings is 3. The number of hydrogen-bond donors (Lipinski definition) is 2. The minimum atomic E-state index is -4.57. The van der Waals surface area contributed by atoms with E-state index in [1.54, 1.807) is 0 Å². The maximum atomic E-state index is 12.8. The highest BCUT2D eigenvalue weighted by atomic mass is 19.4. The summed E-state index contributed by atoms with van der Waals surface area (Å²) < 4.78 is 76.3. The van der Waals surface area contributed by atoms with Gasteiger partial charge in [-0.1, -0.05) is 12.1 Å². The van der Waals surface area contributed by atoms with Crippen molar-refractivity contribution in [3.8, 4) is 0 Å². The van der Waals surface area contributed by atoms with Crippen LogP contribution in [0.2, 0.25) is 0 Å². The summed E-state index contributed by atoms with van der Waals surface area (Å²) in [5, 5.41) is 4.80. The lowest BCUT2D eigenvalue weighted by atomic mass is 10.1. The number of nitrogens with one attached hydrogen (secondary N) is 2. The Morgan fingerprint density at radius 2 is 1.06 bits per heavy atom. The van der Waals surface area contributed by atoms with Crippen molar-refractivity contribution < 1.29 is 35.9 Å². The molecule has 3 aromatic carbocycles. The maximum absolute atomic E-state index is 12.8. The number of amides is 2. The lowest BCUT2D eigenvalue weighted by Crippen LogP contribution is -2.15. The molecule has 0 bridgehead atoms. The van der Waals surface area contributed by atoms with Crippen molar-refractivity contribution in [2.45, 2.75) is 12.4 Å². The molecule has 0 aliphatic rings. The SMILES string of the molecule is O=C(Nc1cccc(C(=O)Nc2cccc(C(F)(F)F)c2)c1)c1ccc(C(F)(F)F)cc1. The van der Waals surface area contributed by atoms with Crippen molar-refractivity contribution in [1.29, 1.82) is 0 Å². The Morgan fingerprint density at radius 3 is 1.62 bits per heavy atom. The molecule has 10 heteroatoms. The second-order valence-electron chi connectivity index (χ2n) is 6.64. The Morgan fingerprint density at radius 1 is 0.562 bits per heavy atom. The van der Waals surface area contributed by atoms with E-state index in [1.165, 1.54) is 30.3 Å². The highest BCUT2D eigenvalue weighted by Crippen LogP contribution is 2.31. The summed E-state index contributed by atoms with van der Waals surface area (Å²) in [5.41, 5.74) is -1.70. The van der Waals surface area contributed by atoms with E-state index >= 15 is 0 Å². The molecule has 0 spiro atoms. The van der Waals surface area contributed by atoms with E-state index in [1.807, 2.05) is 0 Å². The normalized spacial score (nSPS) is 11.7. The Bertz CT molecular complexity index is 1140. The summed E-state index contributed by atoms with van der Waals surface area (Å²) in [7, 11) is 0. The average Bonchev–Trinajstić information content (AvgIpc) is 2.73. The van der Waals surface area contributed by atoms with Gasteiger partial charge >= 0.3 is 12.4 Å². The number of rotatable bonds is 4. The minimum absolute atomic E-state index is 0.0307. The lowest BCUT2D eigenvalue weighted by molar-refractivity contribution is -0.138. The first-order chi connectivity index (χ1) is 14.9. The molecule has 4 nitrogen and oxygen atoms in total. The number of anilines is 2. The van der Waals surface area contributed by atoms with Crippen LogP contribution in [-0.2, 0) is 12.4 Å². The van der Waals surface area contributed by atoms with Crippen molar-refractivity contribution >= 4 is 23.2 Å². The molecule has 0 aliphatic carbocycles. The first kappa shape index (κ1) is 22.9. The van der Waals surface area contributed by atoms with Crippen LogP contribution in [-0.4, -0.2) is 11.8 Å². The zero-order valence-corrected chi connectivity index (χ0v) is 16.0. The molecule has 0 atom stereocenters. The molecule has 0 saturated carbocycles. The third-order valence-electron chi connectivity index (χ3n) is 4.30. The minimum Gasteiger partial charge on any atom is -0.322 e. The van der Waals surface area contributed by atoms with Crippen molar-refractivity contribution in [3.63, 3.8) is 0 Å². The highest BCUT2D eigenvalue weighted by molar-refractivity contribution is 6.07. The monoisotopic (exact) mass is 452 g/mol. The van der Waals surface area contributed by atoms with E-state index in [0.29, 0.717) is 0 Å². The number of alkyl halides is 6. The number of carbonyl (C=O) groups excluding carboxylic acids is 2. The number of hydrogen-bond acceptors (Lipinski definition) is 2. The van der Waals surface area contributed by atoms with Crippen LogP contribution >= 0.6 is 0 Å². The molecule has 0 fully saturated rings. The average molecular weight is 452 g/mol. The summed E-state index contributed by atoms with van der Waals surface area (Å²) in [6, 6.07) is 13.2. The molecule has 2 amide bonds. The molecule has 2 N–H and O–H groups in total. The fourth-order valence-electron chi connectivity index (χ4n) is 2.73. The van der Waals surface area contributed by atoms with E-state index in [0.717, 1.165) is 42.5 Å².